The van der Waals surface area contributed by atoms with Gasteiger partial charge in [0.05, 0.1) is 0 Å². The number of rotatable bonds is 0. The number of hydrogen-bond acceptors (Lipinski definition) is 3. The first kappa shape index (κ1) is 7.06. The van der Waals surface area contributed by atoms with Crippen LogP contribution in [0.3, 0.4) is 0 Å². The van der Waals surface area contributed by atoms with E-state index in [0.717, 1.165) is 0 Å². The van der Waals surface area contributed by atoms with Crippen LogP contribution >= 0.6 is 0 Å². The molecule has 1 aliphatic rings. The molecule has 1 saturated carbocycles. The molecular weight excluding hydrogens is 270 g/mol. The van der Waals surface area contributed by atoms with Crippen LogP contribution < -0.4 is 0 Å². The van der Waals surface area contributed by atoms with E-state index in [4.69, 9.17) is 10.4 Å². The normalized spacial score (nSPS) is 13.7. The van der Waals surface area contributed by atoms with Crippen molar-refractivity contribution in [2.75, 3.05) is 0 Å². The van der Waals surface area contributed by atoms with Gasteiger partial charge in [-0.05, 0) is 0 Å². The molecule has 0 spiro atoms. The fourth-order valence-corrected chi connectivity index (χ4v) is 0. The summed E-state index contributed by atoms with van der Waals surface area (Å²) in [6.45, 7) is 0. The topological polar surface area (TPSA) is 51.2 Å². The zero-order valence-corrected chi connectivity index (χ0v) is 6.31. The van der Waals surface area contributed by atoms with Crippen LogP contribution in [-0.2, 0) is 27.0 Å². The number of hydrogen-bond donors (Lipinski definition) is 0. The van der Waals surface area contributed by atoms with Gasteiger partial charge in [0.2, 0.25) is 0 Å². The van der Waals surface area contributed by atoms with E-state index in [2.05, 4.69) is 6.42 Å². The van der Waals surface area contributed by atoms with Gasteiger partial charge >= 0.3 is 27.0 Å². The van der Waals surface area contributed by atoms with Gasteiger partial charge in [-0.1, -0.05) is 0 Å². The monoisotopic (exact) mass is 276 g/mol. The molecule has 0 aromatic carbocycles. The third kappa shape index (κ3) is 88.6. The Labute approximate surface area is 46.9 Å². The molecule has 0 bridgehead atoms. The van der Waals surface area contributed by atoms with Gasteiger partial charge < -0.3 is 6.42 Å². The van der Waals surface area contributed by atoms with E-state index in [9.17, 15) is 0 Å². The van der Waals surface area contributed by atoms with E-state index in [1.54, 1.807) is 0 Å². The third-order valence-corrected chi connectivity index (χ3v) is 0.289. The summed E-state index contributed by atoms with van der Waals surface area (Å²) >= 11 is -4.21. The molecule has 1 rings (SSSR count). The van der Waals surface area contributed by atoms with Gasteiger partial charge in [0, 0.05) is 0 Å². The molecule has 0 atom stereocenters. The molecule has 0 saturated heterocycles. The minimum atomic E-state index is -4.21. The van der Waals surface area contributed by atoms with E-state index in [1.807, 2.05) is 0 Å². The average Bonchev–Trinajstić information content (AvgIpc) is 2.02. The van der Waals surface area contributed by atoms with Crippen LogP contribution in [0.15, 0.2) is 0 Å². The van der Waals surface area contributed by atoms with Crippen molar-refractivity contribution in [1.29, 1.82) is 0 Å². The second-order valence-corrected chi connectivity index (χ2v) is 2.41. The van der Waals surface area contributed by atoms with Crippen LogP contribution in [0.25, 0.3) is 0 Å². The summed E-state index contributed by atoms with van der Waals surface area (Å²) in [5.74, 6) is 0. The van der Waals surface area contributed by atoms with Crippen LogP contribution in [0, 0.1) is 6.42 Å². The van der Waals surface area contributed by atoms with Crippen molar-refractivity contribution in [3.63, 3.8) is 0 Å². The summed E-state index contributed by atoms with van der Waals surface area (Å²) in [5, 5.41) is 0. The van der Waals surface area contributed by atoms with E-state index in [1.165, 1.54) is 12.8 Å². The summed E-state index contributed by atoms with van der Waals surface area (Å²) in [6.07, 6.45) is 5.00. The quantitative estimate of drug-likeness (QED) is 0.609. The molecular formula is C3H5O3Re-. The van der Waals surface area contributed by atoms with Crippen molar-refractivity contribution >= 4 is 0 Å². The SMILES string of the molecule is [CH-]1CC1.[O]=[Re](=[O])=[O]. The predicted molar refractivity (Wildman–Crippen MR) is 15.6 cm³/mol. The standard InChI is InChI=1S/C3H5.3O.Re/c1-2-3-1;;;;/h1H,2-3H2;;;;/q-1;;;;. The molecule has 0 N–H and O–H groups in total. The zero-order chi connectivity index (χ0) is 5.70. The summed E-state index contributed by atoms with van der Waals surface area (Å²) in [6, 6.07) is 0. The Hall–Kier alpha value is 0.0623. The third-order valence-electron chi connectivity index (χ3n) is 0.289. The van der Waals surface area contributed by atoms with Gasteiger partial charge in [0.1, 0.15) is 0 Å². The fraction of sp³-hybridized carbons (Fsp3) is 0.667. The summed E-state index contributed by atoms with van der Waals surface area (Å²) in [5.41, 5.74) is 0. The van der Waals surface area contributed by atoms with Crippen LogP contribution in [0.4, 0.5) is 0 Å². The van der Waals surface area contributed by atoms with Gasteiger partial charge in [-0.25, -0.2) is 12.8 Å². The van der Waals surface area contributed by atoms with E-state index in [0.29, 0.717) is 0 Å². The van der Waals surface area contributed by atoms with Gasteiger partial charge in [-0.2, -0.15) is 0 Å². The summed E-state index contributed by atoms with van der Waals surface area (Å²) < 4.78 is 25.8. The maximum absolute atomic E-state index is 8.60. The Bertz CT molecular complexity index is 108. The van der Waals surface area contributed by atoms with Crippen molar-refractivity contribution in [1.82, 2.24) is 0 Å². The molecule has 1 fully saturated rings. The minimum absolute atomic E-state index is 1.38. The fourth-order valence-electron chi connectivity index (χ4n) is 0. The molecule has 4 heteroatoms. The second kappa shape index (κ2) is 4.23. The molecule has 0 aromatic rings. The summed E-state index contributed by atoms with van der Waals surface area (Å²) in [4.78, 5) is 0. The van der Waals surface area contributed by atoms with Crippen LogP contribution in [0.2, 0.25) is 0 Å². The van der Waals surface area contributed by atoms with Crippen LogP contribution in [-0.4, -0.2) is 0 Å². The molecule has 7 heavy (non-hydrogen) atoms. The van der Waals surface area contributed by atoms with Crippen molar-refractivity contribution in [2.24, 2.45) is 0 Å². The Balaban J connectivity index is 0.000000105. The zero-order valence-electron chi connectivity index (χ0n) is 3.59. The van der Waals surface area contributed by atoms with Gasteiger partial charge in [0.25, 0.3) is 0 Å². The van der Waals surface area contributed by atoms with Crippen molar-refractivity contribution in [2.45, 2.75) is 12.8 Å². The Morgan fingerprint density at radius 2 is 1.29 bits per heavy atom. The first-order valence-electron chi connectivity index (χ1n) is 1.78. The van der Waals surface area contributed by atoms with Crippen molar-refractivity contribution in [3.8, 4) is 0 Å². The Kier molecular flexibility index (Phi) is 4.26. The first-order chi connectivity index (χ1) is 3.23. The molecule has 1 aliphatic carbocycles. The molecule has 0 radical (unpaired) electrons. The summed E-state index contributed by atoms with van der Waals surface area (Å²) in [7, 11) is 0. The predicted octanol–water partition coefficient (Wildman–Crippen LogP) is 0.626. The van der Waals surface area contributed by atoms with E-state index >= 15 is 0 Å². The molecule has 0 heterocycles. The van der Waals surface area contributed by atoms with Gasteiger partial charge in [0.15, 0.2) is 0 Å². The molecule has 43 valence electrons. The van der Waals surface area contributed by atoms with Crippen LogP contribution in [0.1, 0.15) is 12.8 Å². The average molecular weight is 275 g/mol. The molecule has 3 nitrogen and oxygen atoms in total. The molecule has 0 aromatic heterocycles. The molecule has 0 amide bonds. The van der Waals surface area contributed by atoms with Crippen molar-refractivity contribution in [3.05, 3.63) is 6.42 Å². The Morgan fingerprint density at radius 1 is 1.14 bits per heavy atom. The van der Waals surface area contributed by atoms with Gasteiger partial charge in [-0.3, -0.25) is 0 Å². The van der Waals surface area contributed by atoms with E-state index < -0.39 is 16.6 Å². The molecule has 0 aliphatic heterocycles. The second-order valence-electron chi connectivity index (χ2n) is 1.06. The van der Waals surface area contributed by atoms with E-state index in [-0.39, 0.29) is 0 Å². The molecule has 0 unspecified atom stereocenters. The van der Waals surface area contributed by atoms with Gasteiger partial charge in [-0.15, -0.1) is 0 Å². The Morgan fingerprint density at radius 3 is 1.29 bits per heavy atom. The maximum atomic E-state index is 8.60. The van der Waals surface area contributed by atoms with Crippen molar-refractivity contribution < 1.29 is 27.0 Å². The first-order valence-corrected chi connectivity index (χ1v) is 5.11. The van der Waals surface area contributed by atoms with Crippen LogP contribution in [0.5, 0.6) is 0 Å².